The first-order valence-corrected chi connectivity index (χ1v) is 8.40. The smallest absolute Gasteiger partial charge is 0.274 e. The van der Waals surface area contributed by atoms with Gasteiger partial charge in [-0.25, -0.2) is 14.4 Å². The minimum atomic E-state index is -0.392. The van der Waals surface area contributed by atoms with Crippen LogP contribution in [-0.4, -0.2) is 29.5 Å². The van der Waals surface area contributed by atoms with Crippen molar-refractivity contribution in [2.24, 2.45) is 0 Å². The molecule has 1 aromatic heterocycles. The number of nitrogens with one attached hydrogen (secondary N) is 2. The van der Waals surface area contributed by atoms with Crippen LogP contribution in [0.15, 0.2) is 60.9 Å². The highest BCUT2D eigenvalue weighted by Gasteiger charge is 2.09. The van der Waals surface area contributed by atoms with Gasteiger partial charge in [0.2, 0.25) is 0 Å². The molecule has 27 heavy (non-hydrogen) atoms. The van der Waals surface area contributed by atoms with Gasteiger partial charge in [0, 0.05) is 18.3 Å². The summed E-state index contributed by atoms with van der Waals surface area (Å²) in [5.41, 5.74) is 1.79. The number of halogens is 1. The molecule has 0 aliphatic rings. The van der Waals surface area contributed by atoms with Crippen LogP contribution in [-0.2, 0) is 6.42 Å². The highest BCUT2D eigenvalue weighted by atomic mass is 19.1. The summed E-state index contributed by atoms with van der Waals surface area (Å²) in [6.07, 6.45) is 2.07. The molecule has 0 saturated heterocycles. The van der Waals surface area contributed by atoms with Crippen molar-refractivity contribution >= 4 is 17.4 Å². The van der Waals surface area contributed by atoms with E-state index in [-0.39, 0.29) is 11.5 Å². The number of aromatic nitrogens is 2. The Morgan fingerprint density at radius 1 is 1.11 bits per heavy atom. The summed E-state index contributed by atoms with van der Waals surface area (Å²) in [6.45, 7) is 0.621. The van der Waals surface area contributed by atoms with E-state index in [4.69, 9.17) is 4.74 Å². The number of methoxy groups -OCH3 is 1. The second kappa shape index (κ2) is 8.75. The molecule has 2 N–H and O–H groups in total. The normalized spacial score (nSPS) is 10.3. The number of anilines is 2. The van der Waals surface area contributed by atoms with E-state index in [1.165, 1.54) is 30.6 Å². The fraction of sp³-hybridized carbons (Fsp3) is 0.150. The highest BCUT2D eigenvalue weighted by molar-refractivity contribution is 6.03. The number of rotatable bonds is 7. The van der Waals surface area contributed by atoms with Crippen molar-refractivity contribution in [3.63, 3.8) is 0 Å². The average Bonchev–Trinajstić information content (AvgIpc) is 2.70. The predicted molar refractivity (Wildman–Crippen MR) is 102 cm³/mol. The van der Waals surface area contributed by atoms with Crippen molar-refractivity contribution in [1.82, 2.24) is 9.97 Å². The first-order chi connectivity index (χ1) is 13.2. The van der Waals surface area contributed by atoms with Gasteiger partial charge in [-0.05, 0) is 42.3 Å². The van der Waals surface area contributed by atoms with E-state index >= 15 is 0 Å². The van der Waals surface area contributed by atoms with Gasteiger partial charge in [-0.2, -0.15) is 0 Å². The van der Waals surface area contributed by atoms with Gasteiger partial charge in [-0.3, -0.25) is 4.79 Å². The number of nitrogens with zero attached hydrogens (tertiary/aromatic N) is 2. The Balaban J connectivity index is 1.59. The quantitative estimate of drug-likeness (QED) is 0.669. The van der Waals surface area contributed by atoms with Crippen LogP contribution in [0.25, 0.3) is 0 Å². The van der Waals surface area contributed by atoms with Crippen LogP contribution in [0.5, 0.6) is 5.75 Å². The molecule has 0 bridgehead atoms. The van der Waals surface area contributed by atoms with Crippen molar-refractivity contribution in [3.8, 4) is 5.75 Å². The van der Waals surface area contributed by atoms with Gasteiger partial charge in [0.15, 0.2) is 0 Å². The van der Waals surface area contributed by atoms with E-state index in [0.29, 0.717) is 18.1 Å². The van der Waals surface area contributed by atoms with Gasteiger partial charge in [0.1, 0.15) is 29.4 Å². The number of para-hydroxylation sites is 1. The molecule has 0 atom stereocenters. The number of ether oxygens (including phenoxy) is 1. The van der Waals surface area contributed by atoms with Gasteiger partial charge >= 0.3 is 0 Å². The lowest BCUT2D eigenvalue weighted by Gasteiger charge is -2.10. The van der Waals surface area contributed by atoms with E-state index < -0.39 is 5.91 Å². The molecule has 0 aliphatic carbocycles. The maximum atomic E-state index is 12.9. The Kier molecular flexibility index (Phi) is 5.94. The van der Waals surface area contributed by atoms with Crippen LogP contribution in [0.1, 0.15) is 16.1 Å². The molecule has 7 heteroatoms. The van der Waals surface area contributed by atoms with Gasteiger partial charge in [-0.1, -0.05) is 18.2 Å². The second-order valence-electron chi connectivity index (χ2n) is 5.74. The predicted octanol–water partition coefficient (Wildman–Crippen LogP) is 3.53. The maximum absolute atomic E-state index is 12.9. The summed E-state index contributed by atoms with van der Waals surface area (Å²) in [5, 5.41) is 5.84. The SMILES string of the molecule is COc1ccccc1CCNc1cc(C(=O)Nc2ccc(F)cc2)ncn1. The summed E-state index contributed by atoms with van der Waals surface area (Å²) in [5.74, 6) is 0.624. The molecule has 0 radical (unpaired) electrons. The largest absolute Gasteiger partial charge is 0.496 e. The second-order valence-corrected chi connectivity index (χ2v) is 5.74. The molecular weight excluding hydrogens is 347 g/mol. The van der Waals surface area contributed by atoms with E-state index in [1.807, 2.05) is 24.3 Å². The van der Waals surface area contributed by atoms with Crippen LogP contribution in [0, 0.1) is 5.82 Å². The van der Waals surface area contributed by atoms with Gasteiger partial charge in [0.25, 0.3) is 5.91 Å². The lowest BCUT2D eigenvalue weighted by atomic mass is 10.1. The van der Waals surface area contributed by atoms with E-state index in [1.54, 1.807) is 13.2 Å². The number of hydrogen-bond donors (Lipinski definition) is 2. The van der Waals surface area contributed by atoms with E-state index in [0.717, 1.165) is 17.7 Å². The van der Waals surface area contributed by atoms with Gasteiger partial charge in [0.05, 0.1) is 7.11 Å². The monoisotopic (exact) mass is 366 g/mol. The molecule has 3 aromatic rings. The molecule has 0 fully saturated rings. The molecule has 0 aliphatic heterocycles. The number of benzene rings is 2. The number of carbonyl (C=O) groups excluding carboxylic acids is 1. The zero-order valence-corrected chi connectivity index (χ0v) is 14.8. The zero-order valence-electron chi connectivity index (χ0n) is 14.8. The first-order valence-electron chi connectivity index (χ1n) is 8.40. The third-order valence-electron chi connectivity index (χ3n) is 3.89. The summed E-state index contributed by atoms with van der Waals surface area (Å²) in [6, 6.07) is 14.9. The van der Waals surface area contributed by atoms with Crippen molar-refractivity contribution in [3.05, 3.63) is 78.0 Å². The van der Waals surface area contributed by atoms with Crippen molar-refractivity contribution in [2.45, 2.75) is 6.42 Å². The van der Waals surface area contributed by atoms with Gasteiger partial charge in [-0.15, -0.1) is 0 Å². The van der Waals surface area contributed by atoms with Crippen LogP contribution < -0.4 is 15.4 Å². The summed E-state index contributed by atoms with van der Waals surface area (Å²) in [7, 11) is 1.64. The molecule has 1 heterocycles. The van der Waals surface area contributed by atoms with Gasteiger partial charge < -0.3 is 15.4 Å². The minimum Gasteiger partial charge on any atom is -0.496 e. The van der Waals surface area contributed by atoms with Crippen LogP contribution >= 0.6 is 0 Å². The topological polar surface area (TPSA) is 76.1 Å². The Morgan fingerprint density at radius 2 is 1.89 bits per heavy atom. The van der Waals surface area contributed by atoms with Crippen LogP contribution in [0.4, 0.5) is 15.9 Å². The third-order valence-corrected chi connectivity index (χ3v) is 3.89. The minimum absolute atomic E-state index is 0.217. The third kappa shape index (κ3) is 5.01. The molecular formula is C20H19FN4O2. The summed E-state index contributed by atoms with van der Waals surface area (Å²) < 4.78 is 18.3. The molecule has 0 unspecified atom stereocenters. The lowest BCUT2D eigenvalue weighted by molar-refractivity contribution is 0.102. The fourth-order valence-corrected chi connectivity index (χ4v) is 2.54. The van der Waals surface area contributed by atoms with E-state index in [9.17, 15) is 9.18 Å². The molecule has 6 nitrogen and oxygen atoms in total. The maximum Gasteiger partial charge on any atom is 0.274 e. The van der Waals surface area contributed by atoms with Crippen LogP contribution in [0.2, 0.25) is 0 Å². The lowest BCUT2D eigenvalue weighted by Crippen LogP contribution is -2.15. The fourth-order valence-electron chi connectivity index (χ4n) is 2.54. The van der Waals surface area contributed by atoms with E-state index in [2.05, 4.69) is 20.6 Å². The Bertz CT molecular complexity index is 916. The summed E-state index contributed by atoms with van der Waals surface area (Å²) in [4.78, 5) is 20.4. The number of amides is 1. The van der Waals surface area contributed by atoms with Crippen molar-refractivity contribution < 1.29 is 13.9 Å². The van der Waals surface area contributed by atoms with Crippen molar-refractivity contribution in [1.29, 1.82) is 0 Å². The highest BCUT2D eigenvalue weighted by Crippen LogP contribution is 2.18. The molecule has 1 amide bonds. The average molecular weight is 366 g/mol. The van der Waals surface area contributed by atoms with Crippen LogP contribution in [0.3, 0.4) is 0 Å². The standard InChI is InChI=1S/C20H19FN4O2/c1-27-18-5-3-2-4-14(18)10-11-22-19-12-17(23-13-24-19)20(26)25-16-8-6-15(21)7-9-16/h2-9,12-13H,10-11H2,1H3,(H,25,26)(H,22,23,24). The first kappa shape index (κ1) is 18.3. The molecule has 0 saturated carbocycles. The Morgan fingerprint density at radius 3 is 2.67 bits per heavy atom. The molecule has 2 aromatic carbocycles. The number of carbonyl (C=O) groups is 1. The number of hydrogen-bond acceptors (Lipinski definition) is 5. The Hall–Kier alpha value is -3.48. The molecule has 138 valence electrons. The van der Waals surface area contributed by atoms with Crippen molar-refractivity contribution in [2.75, 3.05) is 24.3 Å². The molecule has 0 spiro atoms. The molecule has 3 rings (SSSR count). The summed E-state index contributed by atoms with van der Waals surface area (Å²) >= 11 is 0. The Labute approximate surface area is 156 Å². The zero-order chi connectivity index (χ0) is 19.1.